The molecule has 106 valence electrons. The van der Waals surface area contributed by atoms with Gasteiger partial charge in [0.05, 0.1) is 25.3 Å². The number of carbonyl (C=O) groups excluding carboxylic acids is 1. The predicted molar refractivity (Wildman–Crippen MR) is 73.8 cm³/mol. The van der Waals surface area contributed by atoms with Crippen LogP contribution < -0.4 is 10.6 Å². The van der Waals surface area contributed by atoms with Crippen molar-refractivity contribution in [3.63, 3.8) is 0 Å². The Hall–Kier alpha value is -1.43. The summed E-state index contributed by atoms with van der Waals surface area (Å²) in [5.41, 5.74) is 0.960. The molecule has 0 aromatic heterocycles. The van der Waals surface area contributed by atoms with E-state index in [2.05, 4.69) is 10.6 Å². The molecule has 0 saturated carbocycles. The highest BCUT2D eigenvalue weighted by Gasteiger charge is 2.18. The number of carbonyl (C=O) groups is 1. The van der Waals surface area contributed by atoms with Crippen LogP contribution in [0, 0.1) is 0 Å². The van der Waals surface area contributed by atoms with Crippen LogP contribution in [0.4, 0.5) is 0 Å². The predicted octanol–water partition coefficient (Wildman–Crippen LogP) is 0.461. The molecular weight excluding hydrogens is 244 g/mol. The summed E-state index contributed by atoms with van der Waals surface area (Å²) in [6.45, 7) is 2.69. The van der Waals surface area contributed by atoms with Crippen molar-refractivity contribution in [2.24, 2.45) is 0 Å². The summed E-state index contributed by atoms with van der Waals surface area (Å²) in [7, 11) is 1.59. The fourth-order valence-corrected chi connectivity index (χ4v) is 1.75. The van der Waals surface area contributed by atoms with Gasteiger partial charge in [0.25, 0.3) is 0 Å². The van der Waals surface area contributed by atoms with E-state index in [0.29, 0.717) is 13.2 Å². The van der Waals surface area contributed by atoms with Crippen LogP contribution in [0.3, 0.4) is 0 Å². The molecule has 2 unspecified atom stereocenters. The van der Waals surface area contributed by atoms with Crippen molar-refractivity contribution in [2.75, 3.05) is 26.9 Å². The second-order valence-corrected chi connectivity index (χ2v) is 4.32. The maximum Gasteiger partial charge on any atom is 0.236 e. The third kappa shape index (κ3) is 5.38. The molecule has 5 heteroatoms. The molecular formula is C14H22N2O3. The molecule has 19 heavy (non-hydrogen) atoms. The zero-order valence-corrected chi connectivity index (χ0v) is 11.4. The summed E-state index contributed by atoms with van der Waals surface area (Å²) in [6, 6.07) is 8.94. The molecule has 0 aliphatic carbocycles. The maximum absolute atomic E-state index is 11.8. The number of hydrogen-bond acceptors (Lipinski definition) is 4. The monoisotopic (exact) mass is 266 g/mol. The molecule has 1 aromatic carbocycles. The number of nitrogens with one attached hydrogen (secondary N) is 2. The van der Waals surface area contributed by atoms with E-state index in [4.69, 9.17) is 4.74 Å². The smallest absolute Gasteiger partial charge is 0.236 e. The fraction of sp³-hybridized carbons (Fsp3) is 0.500. The summed E-state index contributed by atoms with van der Waals surface area (Å²) in [6.07, 6.45) is 0. The number of aliphatic hydroxyl groups excluding tert-OH is 1. The highest BCUT2D eigenvalue weighted by molar-refractivity contribution is 5.81. The minimum absolute atomic E-state index is 0.0558. The van der Waals surface area contributed by atoms with Crippen LogP contribution in [0.2, 0.25) is 0 Å². The Balaban J connectivity index is 2.49. The fourth-order valence-electron chi connectivity index (χ4n) is 1.75. The van der Waals surface area contributed by atoms with Crippen LogP contribution in [0.1, 0.15) is 18.5 Å². The first-order chi connectivity index (χ1) is 9.19. The maximum atomic E-state index is 11.8. The minimum atomic E-state index is -0.380. The van der Waals surface area contributed by atoms with Gasteiger partial charge in [-0.25, -0.2) is 0 Å². The first kappa shape index (κ1) is 15.6. The largest absolute Gasteiger partial charge is 0.394 e. The molecule has 0 spiro atoms. The van der Waals surface area contributed by atoms with Crippen LogP contribution in [0.25, 0.3) is 0 Å². The van der Waals surface area contributed by atoms with E-state index in [1.165, 1.54) is 0 Å². The van der Waals surface area contributed by atoms with E-state index in [1.54, 1.807) is 14.0 Å². The topological polar surface area (TPSA) is 70.6 Å². The first-order valence-corrected chi connectivity index (χ1v) is 6.37. The zero-order chi connectivity index (χ0) is 14.1. The summed E-state index contributed by atoms with van der Waals surface area (Å²) >= 11 is 0. The van der Waals surface area contributed by atoms with Gasteiger partial charge in [-0.15, -0.1) is 0 Å². The summed E-state index contributed by atoms with van der Waals surface area (Å²) in [5, 5.41) is 15.3. The molecule has 0 radical (unpaired) electrons. The molecule has 0 aliphatic rings. The molecule has 3 N–H and O–H groups in total. The van der Waals surface area contributed by atoms with Gasteiger partial charge < -0.3 is 15.2 Å². The van der Waals surface area contributed by atoms with Crippen LogP contribution >= 0.6 is 0 Å². The first-order valence-electron chi connectivity index (χ1n) is 6.37. The minimum Gasteiger partial charge on any atom is -0.394 e. The summed E-state index contributed by atoms with van der Waals surface area (Å²) < 4.78 is 4.87. The van der Waals surface area contributed by atoms with Crippen LogP contribution in [-0.2, 0) is 9.53 Å². The Morgan fingerprint density at radius 2 is 2.05 bits per heavy atom. The third-order valence-corrected chi connectivity index (χ3v) is 2.83. The molecule has 0 bridgehead atoms. The summed E-state index contributed by atoms with van der Waals surface area (Å²) in [5.74, 6) is -0.105. The average Bonchev–Trinajstić information content (AvgIpc) is 2.45. The van der Waals surface area contributed by atoms with Crippen molar-refractivity contribution in [3.05, 3.63) is 35.9 Å². The van der Waals surface area contributed by atoms with Gasteiger partial charge >= 0.3 is 0 Å². The van der Waals surface area contributed by atoms with E-state index in [-0.39, 0.29) is 24.6 Å². The number of rotatable bonds is 8. The van der Waals surface area contributed by atoms with Gasteiger partial charge in [0.2, 0.25) is 5.91 Å². The Bertz CT molecular complexity index is 370. The molecule has 1 amide bonds. The van der Waals surface area contributed by atoms with Crippen LogP contribution in [0.5, 0.6) is 0 Å². The van der Waals surface area contributed by atoms with Gasteiger partial charge in [-0.1, -0.05) is 30.3 Å². The van der Waals surface area contributed by atoms with E-state index in [0.717, 1.165) is 5.56 Å². The van der Waals surface area contributed by atoms with E-state index < -0.39 is 0 Å². The van der Waals surface area contributed by atoms with Gasteiger partial charge in [-0.2, -0.15) is 0 Å². The van der Waals surface area contributed by atoms with Gasteiger partial charge in [0.15, 0.2) is 0 Å². The standard InChI is InChI=1S/C14H22N2O3/c1-11(14(18)15-8-9-19-2)16-13(10-17)12-6-4-3-5-7-12/h3-7,11,13,16-17H,8-10H2,1-2H3,(H,15,18). The highest BCUT2D eigenvalue weighted by Crippen LogP contribution is 2.12. The second kappa shape index (κ2) is 8.63. The number of benzene rings is 1. The van der Waals surface area contributed by atoms with Crippen molar-refractivity contribution >= 4 is 5.91 Å². The van der Waals surface area contributed by atoms with Crippen molar-refractivity contribution in [1.82, 2.24) is 10.6 Å². The molecule has 0 aliphatic heterocycles. The lowest BCUT2D eigenvalue weighted by atomic mass is 10.1. The normalized spacial score (nSPS) is 13.8. The van der Waals surface area contributed by atoms with Crippen molar-refractivity contribution in [1.29, 1.82) is 0 Å². The quantitative estimate of drug-likeness (QED) is 0.598. The number of hydrogen-bond donors (Lipinski definition) is 3. The lowest BCUT2D eigenvalue weighted by Gasteiger charge is -2.21. The van der Waals surface area contributed by atoms with Gasteiger partial charge in [-0.05, 0) is 12.5 Å². The van der Waals surface area contributed by atoms with Crippen molar-refractivity contribution < 1.29 is 14.6 Å². The highest BCUT2D eigenvalue weighted by atomic mass is 16.5. The Labute approximate surface area is 114 Å². The summed E-state index contributed by atoms with van der Waals surface area (Å²) in [4.78, 5) is 11.8. The number of methoxy groups -OCH3 is 1. The van der Waals surface area contributed by atoms with Gasteiger partial charge in [0.1, 0.15) is 0 Å². The molecule has 2 atom stereocenters. The molecule has 0 heterocycles. The number of ether oxygens (including phenoxy) is 1. The molecule has 5 nitrogen and oxygen atoms in total. The Kier molecular flexibility index (Phi) is 7.10. The molecule has 0 saturated heterocycles. The van der Waals surface area contributed by atoms with Gasteiger partial charge in [0, 0.05) is 13.7 Å². The van der Waals surface area contributed by atoms with E-state index in [9.17, 15) is 9.90 Å². The SMILES string of the molecule is COCCNC(=O)C(C)NC(CO)c1ccccc1. The Morgan fingerprint density at radius 1 is 1.37 bits per heavy atom. The van der Waals surface area contributed by atoms with Crippen LogP contribution in [0.15, 0.2) is 30.3 Å². The van der Waals surface area contributed by atoms with Crippen molar-refractivity contribution in [3.8, 4) is 0 Å². The number of aliphatic hydroxyl groups is 1. The molecule has 0 fully saturated rings. The van der Waals surface area contributed by atoms with E-state index in [1.807, 2.05) is 30.3 Å². The van der Waals surface area contributed by atoms with Crippen LogP contribution in [-0.4, -0.2) is 43.9 Å². The van der Waals surface area contributed by atoms with Crippen molar-refractivity contribution in [2.45, 2.75) is 19.0 Å². The number of amides is 1. The molecule has 1 aromatic rings. The van der Waals surface area contributed by atoms with E-state index >= 15 is 0 Å². The lowest BCUT2D eigenvalue weighted by Crippen LogP contribution is -2.45. The average molecular weight is 266 g/mol. The Morgan fingerprint density at radius 3 is 2.63 bits per heavy atom. The molecule has 1 rings (SSSR count). The lowest BCUT2D eigenvalue weighted by molar-refractivity contribution is -0.123. The zero-order valence-electron chi connectivity index (χ0n) is 11.4. The second-order valence-electron chi connectivity index (χ2n) is 4.32. The van der Waals surface area contributed by atoms with Gasteiger partial charge in [-0.3, -0.25) is 10.1 Å². The third-order valence-electron chi connectivity index (χ3n) is 2.83.